The normalized spacial score (nSPS) is 41.4. The third-order valence-electron chi connectivity index (χ3n) is 5.86. The number of carboxylic acid groups (broad SMARTS) is 1. The SMILES string of the molecule is CCN1CCC(N2CC34C=CC(O3)C(C(=O)O)C4C2=O)CC1. The van der Waals surface area contributed by atoms with Gasteiger partial charge in [0.15, 0.2) is 0 Å². The van der Waals surface area contributed by atoms with Crippen LogP contribution in [-0.2, 0) is 14.3 Å². The Morgan fingerprint density at radius 3 is 2.82 bits per heavy atom. The lowest BCUT2D eigenvalue weighted by atomic mass is 9.77. The molecule has 0 aromatic rings. The van der Waals surface area contributed by atoms with Crippen LogP contribution in [0.1, 0.15) is 19.8 Å². The molecule has 120 valence electrons. The Labute approximate surface area is 129 Å². The monoisotopic (exact) mass is 306 g/mol. The predicted octanol–water partition coefficient (Wildman–Crippen LogP) is 0.337. The van der Waals surface area contributed by atoms with Gasteiger partial charge >= 0.3 is 5.97 Å². The smallest absolute Gasteiger partial charge is 0.310 e. The number of hydrogen-bond donors (Lipinski definition) is 1. The molecule has 1 N–H and O–H groups in total. The Morgan fingerprint density at radius 1 is 1.45 bits per heavy atom. The average Bonchev–Trinajstić information content (AvgIpc) is 3.15. The standard InChI is InChI=1S/C16H22N2O4/c1-2-17-7-4-10(5-8-17)18-9-16-6-3-11(22-16)12(15(20)21)13(16)14(18)19/h3,6,10-13H,2,4-5,7-9H2,1H3,(H,20,21). The van der Waals surface area contributed by atoms with Gasteiger partial charge in [0.25, 0.3) is 0 Å². The number of fused-ring (bicyclic) bond motifs is 1. The summed E-state index contributed by atoms with van der Waals surface area (Å²) in [6, 6.07) is 0.223. The number of amides is 1. The Morgan fingerprint density at radius 2 is 2.18 bits per heavy atom. The van der Waals surface area contributed by atoms with Gasteiger partial charge in [-0.05, 0) is 19.4 Å². The molecule has 1 spiro atoms. The number of carbonyl (C=O) groups excluding carboxylic acids is 1. The minimum Gasteiger partial charge on any atom is -0.481 e. The molecule has 4 aliphatic rings. The van der Waals surface area contributed by atoms with Crippen LogP contribution in [0, 0.1) is 11.8 Å². The maximum Gasteiger partial charge on any atom is 0.310 e. The van der Waals surface area contributed by atoms with Crippen LogP contribution in [0.2, 0.25) is 0 Å². The van der Waals surface area contributed by atoms with Gasteiger partial charge in [0.05, 0.1) is 18.6 Å². The molecule has 22 heavy (non-hydrogen) atoms. The predicted molar refractivity (Wildman–Crippen MR) is 78.2 cm³/mol. The summed E-state index contributed by atoms with van der Waals surface area (Å²) in [6.45, 7) is 5.72. The molecule has 0 aliphatic carbocycles. The minimum absolute atomic E-state index is 0.0193. The van der Waals surface area contributed by atoms with Crippen LogP contribution in [0.4, 0.5) is 0 Å². The molecule has 3 fully saturated rings. The molecule has 0 saturated carbocycles. The highest BCUT2D eigenvalue weighted by atomic mass is 16.5. The van der Waals surface area contributed by atoms with Gasteiger partial charge in [-0.1, -0.05) is 19.1 Å². The second-order valence-corrected chi connectivity index (χ2v) is 6.87. The molecular weight excluding hydrogens is 284 g/mol. The van der Waals surface area contributed by atoms with Crippen molar-refractivity contribution in [3.05, 3.63) is 12.2 Å². The van der Waals surface area contributed by atoms with Crippen molar-refractivity contribution in [3.63, 3.8) is 0 Å². The number of nitrogens with zero attached hydrogens (tertiary/aromatic N) is 2. The first-order valence-corrected chi connectivity index (χ1v) is 8.18. The van der Waals surface area contributed by atoms with Crippen LogP contribution >= 0.6 is 0 Å². The molecule has 0 radical (unpaired) electrons. The zero-order valence-electron chi connectivity index (χ0n) is 12.8. The van der Waals surface area contributed by atoms with E-state index in [2.05, 4.69) is 11.8 Å². The summed E-state index contributed by atoms with van der Waals surface area (Å²) in [5.74, 6) is -2.20. The molecule has 4 unspecified atom stereocenters. The summed E-state index contributed by atoms with van der Waals surface area (Å²) in [6.07, 6.45) is 5.25. The molecule has 0 aromatic heterocycles. The number of ether oxygens (including phenoxy) is 1. The quantitative estimate of drug-likeness (QED) is 0.761. The van der Waals surface area contributed by atoms with E-state index in [9.17, 15) is 14.7 Å². The van der Waals surface area contributed by atoms with Gasteiger partial charge in [0, 0.05) is 19.1 Å². The maximum atomic E-state index is 12.9. The first-order chi connectivity index (χ1) is 10.6. The Kier molecular flexibility index (Phi) is 3.10. The van der Waals surface area contributed by atoms with E-state index < -0.39 is 29.5 Å². The van der Waals surface area contributed by atoms with E-state index in [1.54, 1.807) is 0 Å². The zero-order chi connectivity index (χ0) is 15.5. The highest BCUT2D eigenvalue weighted by molar-refractivity contribution is 5.91. The van der Waals surface area contributed by atoms with Crippen LogP contribution in [0.5, 0.6) is 0 Å². The first-order valence-electron chi connectivity index (χ1n) is 8.18. The van der Waals surface area contributed by atoms with Gasteiger partial charge in [-0.15, -0.1) is 0 Å². The van der Waals surface area contributed by atoms with Crippen molar-refractivity contribution in [2.45, 2.75) is 37.5 Å². The fourth-order valence-corrected chi connectivity index (χ4v) is 4.67. The van der Waals surface area contributed by atoms with Gasteiger partial charge in [-0.3, -0.25) is 9.59 Å². The molecular formula is C16H22N2O4. The lowest BCUT2D eigenvalue weighted by molar-refractivity contribution is -0.148. The number of carboxylic acids is 1. The molecule has 4 rings (SSSR count). The highest BCUT2D eigenvalue weighted by Crippen LogP contribution is 2.52. The molecule has 4 heterocycles. The first kappa shape index (κ1) is 14.2. The molecule has 1 amide bonds. The summed E-state index contributed by atoms with van der Waals surface area (Å²) in [4.78, 5) is 28.7. The molecule has 4 atom stereocenters. The molecule has 2 bridgehead atoms. The van der Waals surface area contributed by atoms with Crippen molar-refractivity contribution in [2.24, 2.45) is 11.8 Å². The summed E-state index contributed by atoms with van der Waals surface area (Å²) in [7, 11) is 0. The molecule has 6 nitrogen and oxygen atoms in total. The Balaban J connectivity index is 1.55. The van der Waals surface area contributed by atoms with Crippen LogP contribution in [0.25, 0.3) is 0 Å². The third kappa shape index (κ3) is 1.80. The maximum absolute atomic E-state index is 12.9. The summed E-state index contributed by atoms with van der Waals surface area (Å²) in [5.41, 5.74) is -0.688. The van der Waals surface area contributed by atoms with E-state index in [4.69, 9.17) is 4.74 Å². The van der Waals surface area contributed by atoms with Gasteiger partial charge in [-0.25, -0.2) is 0 Å². The van der Waals surface area contributed by atoms with E-state index in [1.807, 2.05) is 17.1 Å². The van der Waals surface area contributed by atoms with Gasteiger partial charge in [0.1, 0.15) is 11.5 Å². The highest BCUT2D eigenvalue weighted by Gasteiger charge is 2.67. The lowest BCUT2D eigenvalue weighted by Gasteiger charge is -2.37. The molecule has 4 aliphatic heterocycles. The molecule has 3 saturated heterocycles. The summed E-state index contributed by atoms with van der Waals surface area (Å²) < 4.78 is 5.93. The lowest BCUT2D eigenvalue weighted by Crippen LogP contribution is -2.47. The van der Waals surface area contributed by atoms with Crippen LogP contribution in [0.3, 0.4) is 0 Å². The van der Waals surface area contributed by atoms with E-state index >= 15 is 0 Å². The average molecular weight is 306 g/mol. The van der Waals surface area contributed by atoms with Crippen molar-refractivity contribution in [2.75, 3.05) is 26.2 Å². The van der Waals surface area contributed by atoms with E-state index in [1.165, 1.54) is 0 Å². The van der Waals surface area contributed by atoms with Crippen molar-refractivity contribution in [3.8, 4) is 0 Å². The van der Waals surface area contributed by atoms with Crippen LogP contribution < -0.4 is 0 Å². The van der Waals surface area contributed by atoms with Crippen molar-refractivity contribution >= 4 is 11.9 Å². The molecule has 0 aromatic carbocycles. The number of likely N-dealkylation sites (tertiary alicyclic amines) is 2. The zero-order valence-corrected chi connectivity index (χ0v) is 12.8. The Hall–Kier alpha value is -1.40. The summed E-state index contributed by atoms with van der Waals surface area (Å²) in [5, 5.41) is 9.47. The fourth-order valence-electron chi connectivity index (χ4n) is 4.67. The van der Waals surface area contributed by atoms with Crippen molar-refractivity contribution < 1.29 is 19.4 Å². The van der Waals surface area contributed by atoms with Gasteiger partial charge < -0.3 is 19.6 Å². The van der Waals surface area contributed by atoms with Crippen molar-refractivity contribution in [1.29, 1.82) is 0 Å². The minimum atomic E-state index is -0.919. The number of piperidine rings is 1. The number of hydrogen-bond acceptors (Lipinski definition) is 4. The second-order valence-electron chi connectivity index (χ2n) is 6.87. The number of aliphatic carboxylic acids is 1. The van der Waals surface area contributed by atoms with Gasteiger partial charge in [0.2, 0.25) is 5.91 Å². The van der Waals surface area contributed by atoms with Crippen LogP contribution in [-0.4, -0.2) is 70.7 Å². The van der Waals surface area contributed by atoms with E-state index in [0.29, 0.717) is 6.54 Å². The fraction of sp³-hybridized carbons (Fsp3) is 0.750. The van der Waals surface area contributed by atoms with Crippen LogP contribution in [0.15, 0.2) is 12.2 Å². The topological polar surface area (TPSA) is 70.1 Å². The number of rotatable bonds is 3. The van der Waals surface area contributed by atoms with E-state index in [-0.39, 0.29) is 11.9 Å². The largest absolute Gasteiger partial charge is 0.481 e. The van der Waals surface area contributed by atoms with E-state index in [0.717, 1.165) is 32.5 Å². The number of carbonyl (C=O) groups is 2. The molecule has 6 heteroatoms. The second kappa shape index (κ2) is 4.80. The third-order valence-corrected chi connectivity index (χ3v) is 5.86. The summed E-state index contributed by atoms with van der Waals surface area (Å²) >= 11 is 0. The van der Waals surface area contributed by atoms with Gasteiger partial charge in [-0.2, -0.15) is 0 Å². The Bertz CT molecular complexity index is 540. The van der Waals surface area contributed by atoms with Crippen molar-refractivity contribution in [1.82, 2.24) is 9.80 Å².